The highest BCUT2D eigenvalue weighted by Crippen LogP contribution is 2.42. The summed E-state index contributed by atoms with van der Waals surface area (Å²) in [4.78, 5) is 14.9. The van der Waals surface area contributed by atoms with Crippen LogP contribution in [0, 0.1) is 5.41 Å². The van der Waals surface area contributed by atoms with E-state index in [-0.39, 0.29) is 12.5 Å². The number of ether oxygens (including phenoxy) is 2. The predicted octanol–water partition coefficient (Wildman–Crippen LogP) is 0.881. The minimum Gasteiger partial charge on any atom is -0.493 e. The van der Waals surface area contributed by atoms with Gasteiger partial charge in [0.05, 0.1) is 23.5 Å². The Morgan fingerprint density at radius 2 is 2.08 bits per heavy atom. The zero-order valence-corrected chi connectivity index (χ0v) is 15.8. The van der Waals surface area contributed by atoms with Gasteiger partial charge in [-0.2, -0.15) is 4.31 Å². The van der Waals surface area contributed by atoms with Crippen molar-refractivity contribution in [2.75, 3.05) is 46.5 Å². The maximum Gasteiger partial charge on any atom is 0.243 e. The maximum atomic E-state index is 13.1. The van der Waals surface area contributed by atoms with Gasteiger partial charge < -0.3 is 14.4 Å². The number of sulfonamides is 1. The third kappa shape index (κ3) is 2.80. The van der Waals surface area contributed by atoms with Crippen LogP contribution < -0.4 is 4.74 Å². The number of fused-ring (bicyclic) bond motifs is 1. The first-order valence-corrected chi connectivity index (χ1v) is 10.4. The summed E-state index contributed by atoms with van der Waals surface area (Å²) in [6, 6.07) is 5.05. The molecule has 0 saturated carbocycles. The topological polar surface area (TPSA) is 76.2 Å². The second-order valence-electron chi connectivity index (χ2n) is 7.27. The zero-order valence-electron chi connectivity index (χ0n) is 14.9. The molecule has 1 atom stereocenters. The maximum absolute atomic E-state index is 13.1. The first-order valence-electron chi connectivity index (χ1n) is 9.00. The number of carbonyl (C=O) groups excluding carboxylic acids is 1. The lowest BCUT2D eigenvalue weighted by Crippen LogP contribution is -2.39. The second-order valence-corrected chi connectivity index (χ2v) is 9.21. The highest BCUT2D eigenvalue weighted by molar-refractivity contribution is 7.89. The Morgan fingerprint density at radius 1 is 1.27 bits per heavy atom. The van der Waals surface area contributed by atoms with Crippen molar-refractivity contribution >= 4 is 15.9 Å². The Bertz CT molecular complexity index is 825. The normalized spacial score (nSPS) is 25.9. The molecule has 1 aromatic rings. The molecule has 4 rings (SSSR count). The van der Waals surface area contributed by atoms with E-state index < -0.39 is 15.4 Å². The highest BCUT2D eigenvalue weighted by Gasteiger charge is 2.52. The van der Waals surface area contributed by atoms with Crippen molar-refractivity contribution in [2.24, 2.45) is 5.41 Å². The van der Waals surface area contributed by atoms with Crippen molar-refractivity contribution in [3.63, 3.8) is 0 Å². The average molecular weight is 380 g/mol. The number of nitrogens with zero attached hydrogens (tertiary/aromatic N) is 2. The summed E-state index contributed by atoms with van der Waals surface area (Å²) in [5.41, 5.74) is 0.364. The molecule has 0 N–H and O–H groups in total. The van der Waals surface area contributed by atoms with Crippen LogP contribution in [0.4, 0.5) is 0 Å². The lowest BCUT2D eigenvalue weighted by atomic mass is 9.86. The van der Waals surface area contributed by atoms with Gasteiger partial charge in [0.15, 0.2) is 0 Å². The van der Waals surface area contributed by atoms with Gasteiger partial charge in [-0.15, -0.1) is 0 Å². The standard InChI is InChI=1S/C18H24N2O5S/c1-24-11-9-19-7-5-18(17(19)21)6-8-20(13-18)26(22,23)15-2-3-16-14(12-15)4-10-25-16/h2-3,12H,4-11,13H2,1H3. The van der Waals surface area contributed by atoms with Crippen LogP contribution in [-0.4, -0.2) is 70.0 Å². The molecule has 142 valence electrons. The molecule has 3 aliphatic rings. The van der Waals surface area contributed by atoms with Crippen LogP contribution in [0.3, 0.4) is 0 Å². The Hall–Kier alpha value is -1.64. The fourth-order valence-corrected chi connectivity index (χ4v) is 5.78. The van der Waals surface area contributed by atoms with Crippen molar-refractivity contribution in [1.82, 2.24) is 9.21 Å². The van der Waals surface area contributed by atoms with Crippen molar-refractivity contribution in [3.05, 3.63) is 23.8 Å². The third-order valence-electron chi connectivity index (χ3n) is 5.78. The summed E-state index contributed by atoms with van der Waals surface area (Å²) in [5, 5.41) is 0. The van der Waals surface area contributed by atoms with E-state index in [1.165, 1.54) is 4.31 Å². The number of likely N-dealkylation sites (tertiary alicyclic amines) is 1. The van der Waals surface area contributed by atoms with E-state index >= 15 is 0 Å². The molecule has 0 bridgehead atoms. The van der Waals surface area contributed by atoms with Gasteiger partial charge in [0.1, 0.15) is 5.75 Å². The molecule has 26 heavy (non-hydrogen) atoms. The van der Waals surface area contributed by atoms with Crippen LogP contribution in [0.25, 0.3) is 0 Å². The first-order chi connectivity index (χ1) is 12.5. The van der Waals surface area contributed by atoms with E-state index in [9.17, 15) is 13.2 Å². The van der Waals surface area contributed by atoms with E-state index in [2.05, 4.69) is 0 Å². The summed E-state index contributed by atoms with van der Waals surface area (Å²) in [6.07, 6.45) is 2.03. The fourth-order valence-electron chi connectivity index (χ4n) is 4.20. The van der Waals surface area contributed by atoms with Gasteiger partial charge >= 0.3 is 0 Å². The van der Waals surface area contributed by atoms with Crippen LogP contribution in [0.1, 0.15) is 18.4 Å². The van der Waals surface area contributed by atoms with Gasteiger partial charge in [0.25, 0.3) is 0 Å². The minimum absolute atomic E-state index is 0.0644. The number of hydrogen-bond donors (Lipinski definition) is 0. The van der Waals surface area contributed by atoms with Gasteiger partial charge in [-0.3, -0.25) is 4.79 Å². The summed E-state index contributed by atoms with van der Waals surface area (Å²) < 4.78 is 38.1. The van der Waals surface area contributed by atoms with Crippen LogP contribution in [0.2, 0.25) is 0 Å². The number of amides is 1. The Balaban J connectivity index is 1.52. The molecule has 8 heteroatoms. The fraction of sp³-hybridized carbons (Fsp3) is 0.611. The molecule has 1 amide bonds. The number of benzene rings is 1. The van der Waals surface area contributed by atoms with Crippen molar-refractivity contribution in [1.29, 1.82) is 0 Å². The van der Waals surface area contributed by atoms with Gasteiger partial charge in [-0.05, 0) is 36.6 Å². The van der Waals surface area contributed by atoms with Gasteiger partial charge in [0, 0.05) is 39.7 Å². The van der Waals surface area contributed by atoms with Crippen molar-refractivity contribution in [3.8, 4) is 5.75 Å². The van der Waals surface area contributed by atoms with E-state index in [4.69, 9.17) is 9.47 Å². The molecule has 0 aromatic heterocycles. The average Bonchev–Trinajstić information content (AvgIpc) is 3.34. The largest absolute Gasteiger partial charge is 0.493 e. The quantitative estimate of drug-likeness (QED) is 0.758. The third-order valence-corrected chi connectivity index (χ3v) is 7.63. The van der Waals surface area contributed by atoms with E-state index in [1.54, 1.807) is 30.2 Å². The highest BCUT2D eigenvalue weighted by atomic mass is 32.2. The van der Waals surface area contributed by atoms with Gasteiger partial charge in [-0.1, -0.05) is 0 Å². The summed E-state index contributed by atoms with van der Waals surface area (Å²) in [7, 11) is -1.99. The SMILES string of the molecule is COCCN1CCC2(CCN(S(=O)(=O)c3ccc4c(c3)CCO4)C2)C1=O. The molecule has 1 aromatic carbocycles. The molecule has 1 unspecified atom stereocenters. The monoisotopic (exact) mass is 380 g/mol. The lowest BCUT2D eigenvalue weighted by Gasteiger charge is -2.23. The van der Waals surface area contributed by atoms with Crippen molar-refractivity contribution < 1.29 is 22.7 Å². The van der Waals surface area contributed by atoms with Crippen LogP contribution in [0.5, 0.6) is 5.75 Å². The smallest absolute Gasteiger partial charge is 0.243 e. The molecule has 3 aliphatic heterocycles. The number of carbonyl (C=O) groups is 1. The first kappa shape index (κ1) is 17.8. The molecule has 1 spiro atoms. The molecule has 3 heterocycles. The number of methoxy groups -OCH3 is 1. The van der Waals surface area contributed by atoms with E-state index in [0.29, 0.717) is 50.6 Å². The van der Waals surface area contributed by atoms with Crippen LogP contribution >= 0.6 is 0 Å². The molecule has 0 radical (unpaired) electrons. The van der Waals surface area contributed by atoms with E-state index in [0.717, 1.165) is 17.7 Å². The predicted molar refractivity (Wildman–Crippen MR) is 94.5 cm³/mol. The Kier molecular flexibility index (Phi) is 4.45. The summed E-state index contributed by atoms with van der Waals surface area (Å²) >= 11 is 0. The lowest BCUT2D eigenvalue weighted by molar-refractivity contribution is -0.135. The second kappa shape index (κ2) is 6.51. The van der Waals surface area contributed by atoms with E-state index in [1.807, 2.05) is 0 Å². The number of rotatable bonds is 5. The van der Waals surface area contributed by atoms with Crippen LogP contribution in [-0.2, 0) is 26.0 Å². The molecule has 2 saturated heterocycles. The summed E-state index contributed by atoms with van der Waals surface area (Å²) in [5.74, 6) is 0.830. The molecule has 2 fully saturated rings. The van der Waals surface area contributed by atoms with Gasteiger partial charge in [0.2, 0.25) is 15.9 Å². The molecular weight excluding hydrogens is 356 g/mol. The molecule has 0 aliphatic carbocycles. The Morgan fingerprint density at radius 3 is 2.88 bits per heavy atom. The van der Waals surface area contributed by atoms with Crippen molar-refractivity contribution in [2.45, 2.75) is 24.2 Å². The minimum atomic E-state index is -3.60. The molecular formula is C18H24N2O5S. The Labute approximate surface area is 153 Å². The molecule has 7 nitrogen and oxygen atoms in total. The van der Waals surface area contributed by atoms with Gasteiger partial charge in [-0.25, -0.2) is 8.42 Å². The van der Waals surface area contributed by atoms with Crippen LogP contribution in [0.15, 0.2) is 23.1 Å². The zero-order chi connectivity index (χ0) is 18.4. The number of hydrogen-bond acceptors (Lipinski definition) is 5. The summed E-state index contributed by atoms with van der Waals surface area (Å²) in [6.45, 7) is 2.99.